The minimum absolute atomic E-state index is 0. The van der Waals surface area contributed by atoms with Gasteiger partial charge in [0.1, 0.15) is 0 Å². The van der Waals surface area contributed by atoms with Crippen LogP contribution in [-0.4, -0.2) is 51.7 Å². The first-order valence-electron chi connectivity index (χ1n) is 8.83. The van der Waals surface area contributed by atoms with Crippen LogP contribution >= 0.6 is 24.0 Å². The zero-order chi connectivity index (χ0) is 17.0. The zero-order valence-corrected chi connectivity index (χ0v) is 17.9. The number of likely N-dealkylation sites (tertiary alicyclic amines) is 1. The van der Waals surface area contributed by atoms with Gasteiger partial charge in [0.25, 0.3) is 0 Å². The Hall–Kier alpha value is -0.830. The molecule has 0 spiro atoms. The highest BCUT2D eigenvalue weighted by Gasteiger charge is 2.35. The highest BCUT2D eigenvalue weighted by molar-refractivity contribution is 14.0. The fourth-order valence-electron chi connectivity index (χ4n) is 3.95. The van der Waals surface area contributed by atoms with Crippen molar-refractivity contribution in [3.8, 4) is 0 Å². The summed E-state index contributed by atoms with van der Waals surface area (Å²) in [7, 11) is -1.47. The lowest BCUT2D eigenvalue weighted by molar-refractivity contribution is 0.299. The Balaban J connectivity index is 0.00000225. The quantitative estimate of drug-likeness (QED) is 0.412. The maximum absolute atomic E-state index is 12.3. The van der Waals surface area contributed by atoms with Crippen LogP contribution in [0.2, 0.25) is 0 Å². The van der Waals surface area contributed by atoms with Crippen molar-refractivity contribution < 1.29 is 8.42 Å². The fraction of sp³-hybridized carbons (Fsp3) is 0.611. The number of halogens is 1. The molecule has 2 unspecified atom stereocenters. The molecule has 1 aliphatic carbocycles. The van der Waals surface area contributed by atoms with Gasteiger partial charge in [-0.3, -0.25) is 4.99 Å². The van der Waals surface area contributed by atoms with Crippen molar-refractivity contribution in [2.24, 2.45) is 16.8 Å². The number of sulfone groups is 1. The van der Waals surface area contributed by atoms with E-state index in [2.05, 4.69) is 15.2 Å². The summed E-state index contributed by atoms with van der Waals surface area (Å²) >= 11 is 0. The lowest BCUT2D eigenvalue weighted by Crippen LogP contribution is -2.42. The summed E-state index contributed by atoms with van der Waals surface area (Å²) in [6, 6.07) is 8.63. The second-order valence-corrected chi connectivity index (χ2v) is 8.92. The molecule has 0 bridgehead atoms. The largest absolute Gasteiger partial charge is 0.355 e. The first-order chi connectivity index (χ1) is 11.6. The third kappa shape index (κ3) is 5.09. The maximum Gasteiger partial charge on any atom is 0.193 e. The SMILES string of the molecule is CN=C(NCCS(=O)(=O)c1ccccc1)N1CC2CCCCC2C1.I. The second kappa shape index (κ2) is 9.21. The van der Waals surface area contributed by atoms with Crippen molar-refractivity contribution in [1.82, 2.24) is 10.2 Å². The van der Waals surface area contributed by atoms with E-state index < -0.39 is 9.84 Å². The van der Waals surface area contributed by atoms with Crippen molar-refractivity contribution in [2.75, 3.05) is 32.4 Å². The summed E-state index contributed by atoms with van der Waals surface area (Å²) in [6.45, 7) is 2.49. The van der Waals surface area contributed by atoms with Crippen LogP contribution in [0.3, 0.4) is 0 Å². The van der Waals surface area contributed by atoms with Crippen LogP contribution in [0.5, 0.6) is 0 Å². The van der Waals surface area contributed by atoms with Crippen LogP contribution < -0.4 is 5.32 Å². The number of nitrogens with zero attached hydrogens (tertiary/aromatic N) is 2. The van der Waals surface area contributed by atoms with Crippen molar-refractivity contribution >= 4 is 39.8 Å². The molecule has 0 radical (unpaired) electrons. The molecule has 2 atom stereocenters. The van der Waals surface area contributed by atoms with E-state index in [1.165, 1.54) is 25.7 Å². The normalized spacial score (nSPS) is 23.7. The van der Waals surface area contributed by atoms with Gasteiger partial charge in [-0.1, -0.05) is 31.0 Å². The van der Waals surface area contributed by atoms with Crippen molar-refractivity contribution in [3.63, 3.8) is 0 Å². The third-order valence-corrected chi connectivity index (χ3v) is 6.98. The van der Waals surface area contributed by atoms with Gasteiger partial charge in [-0.15, -0.1) is 24.0 Å². The molecule has 5 nitrogen and oxygen atoms in total. The highest BCUT2D eigenvalue weighted by atomic mass is 127. The zero-order valence-electron chi connectivity index (χ0n) is 14.7. The molecule has 1 heterocycles. The van der Waals surface area contributed by atoms with E-state index in [1.807, 2.05) is 6.07 Å². The van der Waals surface area contributed by atoms with Crippen molar-refractivity contribution in [1.29, 1.82) is 0 Å². The molecule has 25 heavy (non-hydrogen) atoms. The number of aliphatic imine (C=N–C) groups is 1. The minimum atomic E-state index is -3.24. The summed E-state index contributed by atoms with van der Waals surface area (Å²) in [5.74, 6) is 2.49. The molecule has 1 aliphatic heterocycles. The van der Waals surface area contributed by atoms with Crippen LogP contribution in [0, 0.1) is 11.8 Å². The Bertz CT molecular complexity index is 665. The monoisotopic (exact) mass is 477 g/mol. The Morgan fingerprint density at radius 1 is 1.16 bits per heavy atom. The molecular weight excluding hydrogens is 449 g/mol. The average Bonchev–Trinajstić information content (AvgIpc) is 3.03. The smallest absolute Gasteiger partial charge is 0.193 e. The number of nitrogens with one attached hydrogen (secondary N) is 1. The Kier molecular flexibility index (Phi) is 7.54. The lowest BCUT2D eigenvalue weighted by atomic mass is 9.82. The first-order valence-corrected chi connectivity index (χ1v) is 10.5. The minimum Gasteiger partial charge on any atom is -0.355 e. The maximum atomic E-state index is 12.3. The Morgan fingerprint density at radius 3 is 2.32 bits per heavy atom. The van der Waals surface area contributed by atoms with E-state index in [4.69, 9.17) is 0 Å². The number of rotatable bonds is 4. The molecular formula is C18H28IN3O2S. The summed E-state index contributed by atoms with van der Waals surface area (Å²) in [5, 5.41) is 3.24. The molecule has 0 amide bonds. The molecule has 2 fully saturated rings. The number of guanidine groups is 1. The highest BCUT2D eigenvalue weighted by Crippen LogP contribution is 2.35. The molecule has 1 aromatic rings. The van der Waals surface area contributed by atoms with E-state index in [1.54, 1.807) is 31.3 Å². The van der Waals surface area contributed by atoms with Crippen LogP contribution in [0.15, 0.2) is 40.2 Å². The number of benzene rings is 1. The number of hydrogen-bond acceptors (Lipinski definition) is 3. The van der Waals surface area contributed by atoms with Gasteiger partial charge < -0.3 is 10.2 Å². The van der Waals surface area contributed by atoms with Crippen molar-refractivity contribution in [3.05, 3.63) is 30.3 Å². The van der Waals surface area contributed by atoms with Crippen LogP contribution in [-0.2, 0) is 9.84 Å². The van der Waals surface area contributed by atoms with Gasteiger partial charge in [-0.25, -0.2) is 8.42 Å². The Labute approximate surface area is 168 Å². The second-order valence-electron chi connectivity index (χ2n) is 6.82. The summed E-state index contributed by atoms with van der Waals surface area (Å²) < 4.78 is 24.7. The predicted molar refractivity (Wildman–Crippen MR) is 112 cm³/mol. The van der Waals surface area contributed by atoms with Crippen LogP contribution in [0.1, 0.15) is 25.7 Å². The third-order valence-electron chi connectivity index (χ3n) is 5.24. The van der Waals surface area contributed by atoms with E-state index in [-0.39, 0.29) is 29.7 Å². The fourth-order valence-corrected chi connectivity index (χ4v) is 5.13. The molecule has 3 rings (SSSR count). The molecule has 1 aromatic carbocycles. The molecule has 1 saturated carbocycles. The first kappa shape index (κ1) is 20.5. The van der Waals surface area contributed by atoms with E-state index in [0.29, 0.717) is 11.4 Å². The lowest BCUT2D eigenvalue weighted by Gasteiger charge is -2.22. The van der Waals surface area contributed by atoms with Gasteiger partial charge in [0, 0.05) is 26.7 Å². The van der Waals surface area contributed by atoms with Gasteiger partial charge in [0.15, 0.2) is 15.8 Å². The van der Waals surface area contributed by atoms with Gasteiger partial charge in [0.2, 0.25) is 0 Å². The van der Waals surface area contributed by atoms with E-state index in [0.717, 1.165) is 30.9 Å². The summed E-state index contributed by atoms with van der Waals surface area (Å²) in [6.07, 6.45) is 5.33. The van der Waals surface area contributed by atoms with Gasteiger partial charge in [-0.2, -0.15) is 0 Å². The molecule has 140 valence electrons. The standard InChI is InChI=1S/C18H27N3O2S.HI/c1-19-18(21-13-15-7-5-6-8-16(15)14-21)20-11-12-24(22,23)17-9-3-2-4-10-17;/h2-4,9-10,15-16H,5-8,11-14H2,1H3,(H,19,20);1H. The van der Waals surface area contributed by atoms with Crippen molar-refractivity contribution in [2.45, 2.75) is 30.6 Å². The molecule has 2 aliphatic rings. The van der Waals surface area contributed by atoms with Gasteiger partial charge in [-0.05, 0) is 36.8 Å². The topological polar surface area (TPSA) is 61.8 Å². The van der Waals surface area contributed by atoms with Gasteiger partial charge in [0.05, 0.1) is 10.6 Å². The van der Waals surface area contributed by atoms with Crippen LogP contribution in [0.4, 0.5) is 0 Å². The van der Waals surface area contributed by atoms with Crippen LogP contribution in [0.25, 0.3) is 0 Å². The molecule has 1 N–H and O–H groups in total. The van der Waals surface area contributed by atoms with E-state index >= 15 is 0 Å². The molecule has 7 heteroatoms. The predicted octanol–water partition coefficient (Wildman–Crippen LogP) is 2.78. The van der Waals surface area contributed by atoms with Gasteiger partial charge >= 0.3 is 0 Å². The Morgan fingerprint density at radius 2 is 1.76 bits per heavy atom. The van der Waals surface area contributed by atoms with E-state index in [9.17, 15) is 8.42 Å². The summed E-state index contributed by atoms with van der Waals surface area (Å²) in [5.41, 5.74) is 0. The molecule has 1 saturated heterocycles. The number of fused-ring (bicyclic) bond motifs is 1. The molecule has 0 aromatic heterocycles. The number of hydrogen-bond donors (Lipinski definition) is 1. The summed E-state index contributed by atoms with van der Waals surface area (Å²) in [4.78, 5) is 7.04. The average molecular weight is 477 g/mol.